The van der Waals surface area contributed by atoms with Crippen LogP contribution in [0.15, 0.2) is 41.9 Å². The Morgan fingerprint density at radius 3 is 2.42 bits per heavy atom. The molecule has 2 amide bonds. The lowest BCUT2D eigenvalue weighted by molar-refractivity contribution is 0.0757. The summed E-state index contributed by atoms with van der Waals surface area (Å²) in [5.74, 6) is 2.08. The minimum Gasteiger partial charge on any atom is -0.493 e. The van der Waals surface area contributed by atoms with Crippen molar-refractivity contribution in [1.82, 2.24) is 9.80 Å². The summed E-state index contributed by atoms with van der Waals surface area (Å²) < 4.78 is 23.1. The van der Waals surface area contributed by atoms with E-state index in [2.05, 4.69) is 11.6 Å². The van der Waals surface area contributed by atoms with Crippen molar-refractivity contribution in [1.29, 1.82) is 0 Å². The summed E-state index contributed by atoms with van der Waals surface area (Å²) in [7, 11) is 3.13. The molecule has 0 saturated carbocycles. The minimum absolute atomic E-state index is 0.0146. The maximum atomic E-state index is 13.2. The van der Waals surface area contributed by atoms with E-state index in [-0.39, 0.29) is 23.9 Å². The van der Waals surface area contributed by atoms with Gasteiger partial charge in [0.05, 0.1) is 50.8 Å². The van der Waals surface area contributed by atoms with Gasteiger partial charge in [-0.15, -0.1) is 6.58 Å². The fourth-order valence-electron chi connectivity index (χ4n) is 5.65. The molecule has 2 aromatic rings. The number of hydrogen-bond donors (Lipinski definition) is 0. The fraction of sp³-hybridized carbons (Fsp3) is 0.452. The van der Waals surface area contributed by atoms with Crippen LogP contribution >= 0.6 is 0 Å². The lowest BCUT2D eigenvalue weighted by Crippen LogP contribution is -2.35. The molecule has 0 radical (unpaired) electrons. The molecule has 5 rings (SSSR count). The molecule has 2 aromatic carbocycles. The molecule has 40 heavy (non-hydrogen) atoms. The summed E-state index contributed by atoms with van der Waals surface area (Å²) in [6, 6.07) is 7.21. The van der Waals surface area contributed by atoms with Crippen LogP contribution in [0.1, 0.15) is 58.4 Å². The summed E-state index contributed by atoms with van der Waals surface area (Å²) in [6.45, 7) is 8.01. The standard InChI is InChI=1S/C31H37N3O6/c1-5-21-9-6-11-33(21)30(35)23-16-26(37-3)28(15-20(23)2)39-13-8-14-40-29-18-25-24(17-27(29)38-4)31(36)34-12-7-10-22(34)19-32-25/h5,15-19,21-22H,1,6-14H2,2-4H3. The number of aliphatic imine (C=N–C) groups is 1. The number of methoxy groups -OCH3 is 2. The number of benzene rings is 2. The molecule has 0 aromatic heterocycles. The van der Waals surface area contributed by atoms with Gasteiger partial charge in [0.25, 0.3) is 11.8 Å². The number of amides is 2. The van der Waals surface area contributed by atoms with E-state index >= 15 is 0 Å². The van der Waals surface area contributed by atoms with Crippen molar-refractivity contribution in [3.8, 4) is 23.0 Å². The first-order valence-corrected chi connectivity index (χ1v) is 13.9. The number of ether oxygens (including phenoxy) is 4. The maximum absolute atomic E-state index is 13.2. The van der Waals surface area contributed by atoms with Crippen LogP contribution in [0.3, 0.4) is 0 Å². The van der Waals surface area contributed by atoms with E-state index in [0.29, 0.717) is 59.4 Å². The van der Waals surface area contributed by atoms with Crippen LogP contribution in [0.2, 0.25) is 0 Å². The van der Waals surface area contributed by atoms with Crippen molar-refractivity contribution in [2.24, 2.45) is 4.99 Å². The Balaban J connectivity index is 1.20. The van der Waals surface area contributed by atoms with Crippen molar-refractivity contribution in [2.45, 2.75) is 51.1 Å². The van der Waals surface area contributed by atoms with E-state index in [1.165, 1.54) is 0 Å². The highest BCUT2D eigenvalue weighted by molar-refractivity contribution is 6.03. The first-order chi connectivity index (χ1) is 19.4. The van der Waals surface area contributed by atoms with Gasteiger partial charge in [0, 0.05) is 37.4 Å². The third-order valence-electron chi connectivity index (χ3n) is 7.84. The predicted molar refractivity (Wildman–Crippen MR) is 153 cm³/mol. The lowest BCUT2D eigenvalue weighted by Gasteiger charge is -2.23. The van der Waals surface area contributed by atoms with Gasteiger partial charge in [-0.1, -0.05) is 6.08 Å². The molecular formula is C31H37N3O6. The molecule has 3 heterocycles. The Labute approximate surface area is 235 Å². The Hall–Kier alpha value is -4.01. The average Bonchev–Trinajstić information content (AvgIpc) is 3.62. The van der Waals surface area contributed by atoms with Crippen molar-refractivity contribution in [3.05, 3.63) is 53.6 Å². The summed E-state index contributed by atoms with van der Waals surface area (Å²) in [5, 5.41) is 0. The summed E-state index contributed by atoms with van der Waals surface area (Å²) in [6.07, 6.45) is 8.13. The third kappa shape index (κ3) is 5.37. The first kappa shape index (κ1) is 27.6. The van der Waals surface area contributed by atoms with Crippen LogP contribution in [0.5, 0.6) is 23.0 Å². The van der Waals surface area contributed by atoms with Crippen LogP contribution < -0.4 is 18.9 Å². The van der Waals surface area contributed by atoms with E-state index < -0.39 is 0 Å². The molecule has 0 bridgehead atoms. The minimum atomic E-state index is -0.0221. The molecule has 3 aliphatic heterocycles. The van der Waals surface area contributed by atoms with E-state index in [1.54, 1.807) is 32.4 Å². The van der Waals surface area contributed by atoms with Gasteiger partial charge in [-0.05, 0) is 56.4 Å². The van der Waals surface area contributed by atoms with E-state index in [0.717, 1.165) is 44.3 Å². The Kier molecular flexibility index (Phi) is 8.28. The predicted octanol–water partition coefficient (Wildman–Crippen LogP) is 4.97. The smallest absolute Gasteiger partial charge is 0.256 e. The van der Waals surface area contributed by atoms with Gasteiger partial charge in [-0.2, -0.15) is 0 Å². The largest absolute Gasteiger partial charge is 0.493 e. The molecule has 212 valence electrons. The van der Waals surface area contributed by atoms with Crippen LogP contribution in [-0.4, -0.2) is 80.4 Å². The number of rotatable bonds is 10. The molecule has 0 spiro atoms. The number of aryl methyl sites for hydroxylation is 1. The summed E-state index contributed by atoms with van der Waals surface area (Å²) >= 11 is 0. The normalized spacial score (nSPS) is 19.6. The van der Waals surface area contributed by atoms with Crippen molar-refractivity contribution >= 4 is 23.7 Å². The van der Waals surface area contributed by atoms with Crippen LogP contribution in [0.4, 0.5) is 5.69 Å². The number of hydrogen-bond acceptors (Lipinski definition) is 7. The number of carbonyl (C=O) groups is 2. The highest BCUT2D eigenvalue weighted by Crippen LogP contribution is 2.38. The molecule has 9 nitrogen and oxygen atoms in total. The Morgan fingerprint density at radius 1 is 1.00 bits per heavy atom. The van der Waals surface area contributed by atoms with Gasteiger partial charge < -0.3 is 28.7 Å². The highest BCUT2D eigenvalue weighted by atomic mass is 16.5. The molecule has 2 unspecified atom stereocenters. The molecule has 0 aliphatic carbocycles. The molecule has 0 N–H and O–H groups in total. The molecule has 2 saturated heterocycles. The molecule has 2 atom stereocenters. The summed E-state index contributed by atoms with van der Waals surface area (Å²) in [5.41, 5.74) is 2.56. The van der Waals surface area contributed by atoms with Crippen LogP contribution in [0.25, 0.3) is 0 Å². The second-order valence-electron chi connectivity index (χ2n) is 10.3. The Morgan fingerprint density at radius 2 is 1.70 bits per heavy atom. The van der Waals surface area contributed by atoms with Gasteiger partial charge in [0.2, 0.25) is 0 Å². The number of fused-ring (bicyclic) bond motifs is 2. The van der Waals surface area contributed by atoms with Gasteiger partial charge in [0.1, 0.15) is 0 Å². The van der Waals surface area contributed by atoms with Gasteiger partial charge in [-0.3, -0.25) is 14.6 Å². The van der Waals surface area contributed by atoms with Crippen molar-refractivity contribution in [3.63, 3.8) is 0 Å². The fourth-order valence-corrected chi connectivity index (χ4v) is 5.65. The molecule has 2 fully saturated rings. The number of likely N-dealkylation sites (tertiary alicyclic amines) is 1. The Bertz CT molecular complexity index is 1320. The average molecular weight is 548 g/mol. The van der Waals surface area contributed by atoms with Crippen LogP contribution in [-0.2, 0) is 0 Å². The first-order valence-electron chi connectivity index (χ1n) is 13.9. The molecule has 3 aliphatic rings. The van der Waals surface area contributed by atoms with E-state index in [4.69, 9.17) is 18.9 Å². The quantitative estimate of drug-likeness (QED) is 0.308. The zero-order valence-electron chi connectivity index (χ0n) is 23.5. The second kappa shape index (κ2) is 12.0. The molecular weight excluding hydrogens is 510 g/mol. The highest BCUT2D eigenvalue weighted by Gasteiger charge is 2.33. The van der Waals surface area contributed by atoms with Gasteiger partial charge in [-0.25, -0.2) is 0 Å². The van der Waals surface area contributed by atoms with Gasteiger partial charge in [0.15, 0.2) is 23.0 Å². The SMILES string of the molecule is C=CC1CCCN1C(=O)c1cc(OC)c(OCCCOc2cc3c(cc2OC)C(=O)N2CCCC2C=N3)cc1C. The van der Waals surface area contributed by atoms with E-state index in [1.807, 2.05) is 35.1 Å². The monoisotopic (exact) mass is 547 g/mol. The third-order valence-corrected chi connectivity index (χ3v) is 7.84. The maximum Gasteiger partial charge on any atom is 0.256 e. The lowest BCUT2D eigenvalue weighted by atomic mass is 10.1. The number of carbonyl (C=O) groups excluding carboxylic acids is 2. The second-order valence-corrected chi connectivity index (χ2v) is 10.3. The number of nitrogens with zero attached hydrogens (tertiary/aromatic N) is 3. The molecule has 9 heteroatoms. The summed E-state index contributed by atoms with van der Waals surface area (Å²) in [4.78, 5) is 34.6. The topological polar surface area (TPSA) is 89.9 Å². The van der Waals surface area contributed by atoms with Crippen molar-refractivity contribution in [2.75, 3.05) is 40.5 Å². The zero-order chi connectivity index (χ0) is 28.2. The van der Waals surface area contributed by atoms with Gasteiger partial charge >= 0.3 is 0 Å². The van der Waals surface area contributed by atoms with Crippen molar-refractivity contribution < 1.29 is 28.5 Å². The van der Waals surface area contributed by atoms with Crippen LogP contribution in [0, 0.1) is 6.92 Å². The van der Waals surface area contributed by atoms with E-state index in [9.17, 15) is 9.59 Å². The zero-order valence-corrected chi connectivity index (χ0v) is 23.5.